The maximum absolute atomic E-state index is 13.6. The minimum absolute atomic E-state index is 0.145. The summed E-state index contributed by atoms with van der Waals surface area (Å²) in [5.74, 6) is -1.87. The predicted molar refractivity (Wildman–Crippen MR) is 60.5 cm³/mol. The third kappa shape index (κ3) is 1.38. The summed E-state index contributed by atoms with van der Waals surface area (Å²) in [4.78, 5) is 11.4. The molecule has 5 heteroatoms. The topological polar surface area (TPSA) is 42.2 Å². The number of nitrogens with zero attached hydrogens (tertiary/aromatic N) is 1. The Kier molecular flexibility index (Phi) is 2.59. The molecule has 0 amide bonds. The van der Waals surface area contributed by atoms with Crippen LogP contribution in [0.5, 0.6) is 5.75 Å². The number of aromatic hydroxyl groups is 1. The second-order valence-electron chi connectivity index (χ2n) is 3.42. The van der Waals surface area contributed by atoms with Crippen LogP contribution in [0.25, 0.3) is 10.9 Å². The van der Waals surface area contributed by atoms with Crippen molar-refractivity contribution in [3.63, 3.8) is 0 Å². The summed E-state index contributed by atoms with van der Waals surface area (Å²) in [6.45, 7) is 1.88. The van der Waals surface area contributed by atoms with E-state index in [1.54, 1.807) is 12.1 Å². The number of rotatable bonds is 1. The first-order valence-electron chi connectivity index (χ1n) is 4.79. The summed E-state index contributed by atoms with van der Waals surface area (Å²) in [6, 6.07) is 4.89. The van der Waals surface area contributed by atoms with Crippen molar-refractivity contribution in [1.29, 1.82) is 0 Å². The van der Waals surface area contributed by atoms with Gasteiger partial charge in [0, 0.05) is 17.2 Å². The normalized spacial score (nSPS) is 10.9. The molecule has 2 aromatic rings. The molecule has 2 rings (SSSR count). The van der Waals surface area contributed by atoms with Gasteiger partial charge in [-0.25, -0.2) is 8.48 Å². The Bertz CT molecular complexity index is 621. The maximum atomic E-state index is 13.6. The van der Waals surface area contributed by atoms with Crippen LogP contribution in [0, 0.1) is 5.82 Å². The predicted octanol–water partition coefficient (Wildman–Crippen LogP) is 2.41. The van der Waals surface area contributed by atoms with Crippen LogP contribution in [0.3, 0.4) is 0 Å². The van der Waals surface area contributed by atoms with Gasteiger partial charge in [0.15, 0.2) is 5.82 Å². The average Bonchev–Trinajstić information content (AvgIpc) is 2.32. The molecule has 0 unspecified atom stereocenters. The largest absolute Gasteiger partial charge is 0.501 e. The number of fused-ring (bicyclic) bond motifs is 1. The van der Waals surface area contributed by atoms with E-state index in [4.69, 9.17) is 11.8 Å². The van der Waals surface area contributed by atoms with E-state index >= 15 is 0 Å². The first-order chi connectivity index (χ1) is 7.57. The Morgan fingerprint density at radius 2 is 2.19 bits per heavy atom. The zero-order valence-electron chi connectivity index (χ0n) is 8.50. The van der Waals surface area contributed by atoms with Crippen LogP contribution in [0.2, 0.25) is 0 Å². The number of hydrogen-bond donors (Lipinski definition) is 1. The van der Waals surface area contributed by atoms with Gasteiger partial charge in [0.1, 0.15) is 0 Å². The van der Waals surface area contributed by atoms with E-state index in [0.717, 1.165) is 9.65 Å². The third-order valence-corrected chi connectivity index (χ3v) is 2.84. The van der Waals surface area contributed by atoms with Gasteiger partial charge in [-0.15, -0.1) is 0 Å². The number of aryl methyl sites for hydroxylation is 1. The standard InChI is InChI=1S/C11H9ClFNO2/c1-2-6-4-3-5-7-8(13)10(15)11(16)14(12)9(6)7/h3-5,15H,2H2,1H3. The highest BCUT2D eigenvalue weighted by Gasteiger charge is 2.16. The van der Waals surface area contributed by atoms with E-state index in [2.05, 4.69) is 0 Å². The molecule has 0 atom stereocenters. The highest BCUT2D eigenvalue weighted by atomic mass is 35.5. The van der Waals surface area contributed by atoms with E-state index in [-0.39, 0.29) is 5.39 Å². The molecule has 0 saturated carbocycles. The molecule has 0 aliphatic carbocycles. The van der Waals surface area contributed by atoms with Gasteiger partial charge in [0.2, 0.25) is 5.75 Å². The van der Waals surface area contributed by atoms with E-state index in [9.17, 15) is 14.3 Å². The molecule has 0 fully saturated rings. The summed E-state index contributed by atoms with van der Waals surface area (Å²) in [5, 5.41) is 9.40. The van der Waals surface area contributed by atoms with Gasteiger partial charge in [-0.05, 0) is 18.1 Å². The third-order valence-electron chi connectivity index (χ3n) is 2.52. The van der Waals surface area contributed by atoms with Crippen LogP contribution in [0.15, 0.2) is 23.0 Å². The molecule has 84 valence electrons. The average molecular weight is 242 g/mol. The second kappa shape index (κ2) is 3.79. The lowest BCUT2D eigenvalue weighted by atomic mass is 10.1. The monoisotopic (exact) mass is 241 g/mol. The Morgan fingerprint density at radius 1 is 1.50 bits per heavy atom. The smallest absolute Gasteiger partial charge is 0.310 e. The number of benzene rings is 1. The molecule has 0 bridgehead atoms. The maximum Gasteiger partial charge on any atom is 0.310 e. The molecule has 0 saturated heterocycles. The number of aromatic nitrogens is 1. The van der Waals surface area contributed by atoms with Crippen LogP contribution in [-0.4, -0.2) is 9.19 Å². The lowest BCUT2D eigenvalue weighted by Crippen LogP contribution is -2.15. The Labute approximate surface area is 95.8 Å². The van der Waals surface area contributed by atoms with Gasteiger partial charge >= 0.3 is 5.56 Å². The van der Waals surface area contributed by atoms with Crippen molar-refractivity contribution >= 4 is 22.7 Å². The van der Waals surface area contributed by atoms with Gasteiger partial charge in [-0.2, -0.15) is 0 Å². The SMILES string of the molecule is CCc1cccc2c(F)c(O)c(=O)n(Cl)c12. The summed E-state index contributed by atoms with van der Waals surface area (Å²) in [5.41, 5.74) is 0.128. The second-order valence-corrected chi connectivity index (χ2v) is 3.75. The molecule has 1 aromatic heterocycles. The molecule has 0 spiro atoms. The Balaban J connectivity index is 3.08. The highest BCUT2D eigenvalue weighted by Crippen LogP contribution is 2.25. The van der Waals surface area contributed by atoms with Crippen molar-refractivity contribution in [2.24, 2.45) is 0 Å². The first kappa shape index (κ1) is 11.0. The Morgan fingerprint density at radius 3 is 2.81 bits per heavy atom. The van der Waals surface area contributed by atoms with Crippen molar-refractivity contribution in [2.75, 3.05) is 0 Å². The minimum Gasteiger partial charge on any atom is -0.501 e. The summed E-state index contributed by atoms with van der Waals surface area (Å²) < 4.78 is 14.4. The summed E-state index contributed by atoms with van der Waals surface area (Å²) in [7, 11) is 0. The van der Waals surface area contributed by atoms with Gasteiger partial charge in [0.25, 0.3) is 0 Å². The minimum atomic E-state index is -0.948. The van der Waals surface area contributed by atoms with Gasteiger partial charge in [0.05, 0.1) is 5.52 Å². The van der Waals surface area contributed by atoms with Crippen LogP contribution in [-0.2, 0) is 6.42 Å². The fourth-order valence-corrected chi connectivity index (χ4v) is 1.98. The number of hydrogen-bond acceptors (Lipinski definition) is 2. The quantitative estimate of drug-likeness (QED) is 0.833. The molecular formula is C11H9ClFNO2. The number of para-hydroxylation sites is 1. The lowest BCUT2D eigenvalue weighted by Gasteiger charge is -2.09. The zero-order valence-corrected chi connectivity index (χ0v) is 9.25. The van der Waals surface area contributed by atoms with Crippen LogP contribution in [0.4, 0.5) is 4.39 Å². The Hall–Kier alpha value is -1.55. The molecule has 16 heavy (non-hydrogen) atoms. The van der Waals surface area contributed by atoms with E-state index in [1.807, 2.05) is 6.92 Å². The fraction of sp³-hybridized carbons (Fsp3) is 0.182. The van der Waals surface area contributed by atoms with Crippen molar-refractivity contribution < 1.29 is 9.50 Å². The molecule has 3 nitrogen and oxygen atoms in total. The number of halogens is 2. The van der Waals surface area contributed by atoms with Gasteiger partial charge in [-0.3, -0.25) is 4.79 Å². The molecular weight excluding hydrogens is 233 g/mol. The zero-order chi connectivity index (χ0) is 11.9. The van der Waals surface area contributed by atoms with Crippen LogP contribution in [0.1, 0.15) is 12.5 Å². The highest BCUT2D eigenvalue weighted by molar-refractivity contribution is 6.19. The first-order valence-corrected chi connectivity index (χ1v) is 5.13. The van der Waals surface area contributed by atoms with Crippen molar-refractivity contribution in [1.82, 2.24) is 4.09 Å². The van der Waals surface area contributed by atoms with Crippen LogP contribution < -0.4 is 5.56 Å². The lowest BCUT2D eigenvalue weighted by molar-refractivity contribution is 0.427. The molecule has 0 aliphatic rings. The van der Waals surface area contributed by atoms with Gasteiger partial charge < -0.3 is 5.11 Å². The number of pyridine rings is 1. The summed E-state index contributed by atoms with van der Waals surface area (Å²) in [6.07, 6.45) is 0.619. The van der Waals surface area contributed by atoms with Gasteiger partial charge in [-0.1, -0.05) is 19.1 Å². The van der Waals surface area contributed by atoms with Crippen molar-refractivity contribution in [2.45, 2.75) is 13.3 Å². The molecule has 0 aliphatic heterocycles. The molecule has 1 N–H and O–H groups in total. The molecule has 1 aromatic carbocycles. The van der Waals surface area contributed by atoms with Crippen molar-refractivity contribution in [3.05, 3.63) is 39.9 Å². The fourth-order valence-electron chi connectivity index (χ4n) is 1.70. The summed E-state index contributed by atoms with van der Waals surface area (Å²) >= 11 is 5.76. The van der Waals surface area contributed by atoms with Crippen LogP contribution >= 0.6 is 11.8 Å². The van der Waals surface area contributed by atoms with E-state index in [0.29, 0.717) is 11.9 Å². The van der Waals surface area contributed by atoms with Crippen molar-refractivity contribution in [3.8, 4) is 5.75 Å². The van der Waals surface area contributed by atoms with E-state index in [1.165, 1.54) is 6.07 Å². The van der Waals surface area contributed by atoms with E-state index < -0.39 is 17.1 Å². The molecule has 1 heterocycles. The molecule has 0 radical (unpaired) electrons.